The molecule has 2 atom stereocenters. The number of carbonyl (C=O) groups is 1. The average Bonchev–Trinajstić information content (AvgIpc) is 2.36. The van der Waals surface area contributed by atoms with Gasteiger partial charge in [0.15, 0.2) is 5.60 Å². The number of hydrogen-bond acceptors (Lipinski definition) is 3. The predicted octanol–water partition coefficient (Wildman–Crippen LogP) is 2.95. The number of hydrogen-bond donors (Lipinski definition) is 1. The normalized spacial score (nSPS) is 29.0. The fraction of sp³-hybridized carbons (Fsp3) is 0.923. The second-order valence-electron chi connectivity index (χ2n) is 6.35. The van der Waals surface area contributed by atoms with Crippen molar-refractivity contribution in [1.82, 2.24) is 4.90 Å². The molecule has 118 valence electrons. The summed E-state index contributed by atoms with van der Waals surface area (Å²) in [6.07, 6.45) is -5.66. The molecule has 0 aromatic heterocycles. The Labute approximate surface area is 116 Å². The first-order chi connectivity index (χ1) is 8.87. The molecular formula is C13H22F3NO3. The Balaban J connectivity index is 2.82. The number of likely N-dealkylation sites (tertiary alicyclic amines) is 1. The zero-order valence-corrected chi connectivity index (χ0v) is 12.3. The molecule has 4 nitrogen and oxygen atoms in total. The van der Waals surface area contributed by atoms with Crippen molar-refractivity contribution in [2.24, 2.45) is 5.92 Å². The van der Waals surface area contributed by atoms with Crippen LogP contribution in [0, 0.1) is 5.92 Å². The van der Waals surface area contributed by atoms with Crippen LogP contribution in [0.25, 0.3) is 0 Å². The SMILES string of the molecule is CC1CN(C(=O)OC(C)(C)C)CCCC1(O)C(F)(F)F. The molecule has 0 aromatic carbocycles. The number of ether oxygens (including phenoxy) is 1. The fourth-order valence-corrected chi connectivity index (χ4v) is 2.27. The molecule has 1 N–H and O–H groups in total. The van der Waals surface area contributed by atoms with Crippen LogP contribution in [-0.4, -0.2) is 46.6 Å². The van der Waals surface area contributed by atoms with Crippen LogP contribution < -0.4 is 0 Å². The van der Waals surface area contributed by atoms with Crippen molar-refractivity contribution in [2.45, 2.75) is 57.9 Å². The number of carbonyl (C=O) groups excluding carboxylic acids is 1. The van der Waals surface area contributed by atoms with Gasteiger partial charge in [-0.15, -0.1) is 0 Å². The first-order valence-electron chi connectivity index (χ1n) is 6.64. The topological polar surface area (TPSA) is 49.8 Å². The summed E-state index contributed by atoms with van der Waals surface area (Å²) in [4.78, 5) is 13.1. The van der Waals surface area contributed by atoms with Gasteiger partial charge in [-0.25, -0.2) is 4.79 Å². The zero-order valence-electron chi connectivity index (χ0n) is 12.3. The molecule has 1 aliphatic rings. The molecule has 20 heavy (non-hydrogen) atoms. The van der Waals surface area contributed by atoms with Gasteiger partial charge in [0, 0.05) is 19.0 Å². The summed E-state index contributed by atoms with van der Waals surface area (Å²) in [7, 11) is 0. The Bertz CT molecular complexity index is 365. The third-order valence-electron chi connectivity index (χ3n) is 3.44. The van der Waals surface area contributed by atoms with Crippen LogP contribution in [0.1, 0.15) is 40.5 Å². The Morgan fingerprint density at radius 3 is 2.35 bits per heavy atom. The number of nitrogens with zero attached hydrogens (tertiary/aromatic N) is 1. The van der Waals surface area contributed by atoms with Crippen LogP contribution >= 0.6 is 0 Å². The number of aliphatic hydroxyl groups is 1. The lowest BCUT2D eigenvalue weighted by Crippen LogP contribution is -2.52. The van der Waals surface area contributed by atoms with Crippen molar-refractivity contribution in [3.63, 3.8) is 0 Å². The van der Waals surface area contributed by atoms with E-state index in [-0.39, 0.29) is 19.5 Å². The summed E-state index contributed by atoms with van der Waals surface area (Å²) >= 11 is 0. The van der Waals surface area contributed by atoms with Crippen LogP contribution in [-0.2, 0) is 4.74 Å². The van der Waals surface area contributed by atoms with Gasteiger partial charge in [-0.1, -0.05) is 6.92 Å². The van der Waals surface area contributed by atoms with E-state index in [1.54, 1.807) is 20.8 Å². The zero-order chi connectivity index (χ0) is 15.8. The Morgan fingerprint density at radius 1 is 1.35 bits per heavy atom. The lowest BCUT2D eigenvalue weighted by atomic mass is 9.85. The van der Waals surface area contributed by atoms with E-state index in [2.05, 4.69) is 0 Å². The van der Waals surface area contributed by atoms with E-state index in [0.29, 0.717) is 0 Å². The summed E-state index contributed by atoms with van der Waals surface area (Å²) < 4.78 is 44.1. The van der Waals surface area contributed by atoms with E-state index in [1.807, 2.05) is 0 Å². The highest BCUT2D eigenvalue weighted by Gasteiger charge is 2.57. The summed E-state index contributed by atoms with van der Waals surface area (Å²) in [5.41, 5.74) is -3.45. The molecule has 0 saturated carbocycles. The van der Waals surface area contributed by atoms with Gasteiger partial charge in [0.05, 0.1) is 0 Å². The van der Waals surface area contributed by atoms with Gasteiger partial charge in [-0.05, 0) is 33.6 Å². The van der Waals surface area contributed by atoms with Crippen molar-refractivity contribution >= 4 is 6.09 Å². The standard InChI is InChI=1S/C13H22F3NO3/c1-9-8-17(10(18)20-11(2,3)4)7-5-6-12(9,19)13(14,15)16/h9,19H,5-8H2,1-4H3. The summed E-state index contributed by atoms with van der Waals surface area (Å²) in [6, 6.07) is 0. The predicted molar refractivity (Wildman–Crippen MR) is 67.2 cm³/mol. The lowest BCUT2D eigenvalue weighted by molar-refractivity contribution is -0.278. The molecule has 0 aromatic rings. The minimum atomic E-state index is -4.70. The maximum atomic E-state index is 13.0. The molecule has 1 aliphatic heterocycles. The quantitative estimate of drug-likeness (QED) is 0.748. The van der Waals surface area contributed by atoms with Crippen molar-refractivity contribution in [1.29, 1.82) is 0 Å². The largest absolute Gasteiger partial charge is 0.444 e. The van der Waals surface area contributed by atoms with Crippen LogP contribution in [0.2, 0.25) is 0 Å². The lowest BCUT2D eigenvalue weighted by Gasteiger charge is -2.35. The Kier molecular flexibility index (Phi) is 4.63. The molecule has 0 radical (unpaired) electrons. The number of alkyl halides is 3. The molecule has 0 aliphatic carbocycles. The average molecular weight is 297 g/mol. The maximum Gasteiger partial charge on any atom is 0.417 e. The van der Waals surface area contributed by atoms with E-state index in [0.717, 1.165) is 0 Å². The first-order valence-corrected chi connectivity index (χ1v) is 6.64. The minimum Gasteiger partial charge on any atom is -0.444 e. The molecule has 1 amide bonds. The Hall–Kier alpha value is -0.980. The van der Waals surface area contributed by atoms with Crippen LogP contribution in [0.5, 0.6) is 0 Å². The molecule has 0 bridgehead atoms. The van der Waals surface area contributed by atoms with Gasteiger partial charge in [0.1, 0.15) is 5.60 Å². The summed E-state index contributed by atoms with van der Waals surface area (Å²) in [6.45, 7) is 6.35. The van der Waals surface area contributed by atoms with Gasteiger partial charge < -0.3 is 14.7 Å². The molecule has 1 heterocycles. The van der Waals surface area contributed by atoms with Crippen molar-refractivity contribution in [3.8, 4) is 0 Å². The summed E-state index contributed by atoms with van der Waals surface area (Å²) in [5.74, 6) is -1.10. The highest BCUT2D eigenvalue weighted by atomic mass is 19.4. The molecule has 2 unspecified atom stereocenters. The molecular weight excluding hydrogens is 275 g/mol. The van der Waals surface area contributed by atoms with Gasteiger partial charge in [-0.2, -0.15) is 13.2 Å². The van der Waals surface area contributed by atoms with Crippen molar-refractivity contribution in [2.75, 3.05) is 13.1 Å². The fourth-order valence-electron chi connectivity index (χ4n) is 2.27. The summed E-state index contributed by atoms with van der Waals surface area (Å²) in [5, 5.41) is 9.88. The van der Waals surface area contributed by atoms with Gasteiger partial charge in [-0.3, -0.25) is 0 Å². The molecule has 1 rings (SSSR count). The molecule has 7 heteroatoms. The van der Waals surface area contributed by atoms with Gasteiger partial charge in [0.25, 0.3) is 0 Å². The third kappa shape index (κ3) is 3.77. The Morgan fingerprint density at radius 2 is 1.90 bits per heavy atom. The first kappa shape index (κ1) is 17.1. The van der Waals surface area contributed by atoms with Gasteiger partial charge in [0.2, 0.25) is 0 Å². The van der Waals surface area contributed by atoms with E-state index in [4.69, 9.17) is 4.74 Å². The number of halogens is 3. The number of amides is 1. The van der Waals surface area contributed by atoms with E-state index in [1.165, 1.54) is 11.8 Å². The van der Waals surface area contributed by atoms with Crippen LogP contribution in [0.3, 0.4) is 0 Å². The van der Waals surface area contributed by atoms with Crippen molar-refractivity contribution < 1.29 is 27.8 Å². The smallest absolute Gasteiger partial charge is 0.417 e. The highest BCUT2D eigenvalue weighted by molar-refractivity contribution is 5.68. The monoisotopic (exact) mass is 297 g/mol. The molecule has 1 fully saturated rings. The van der Waals surface area contributed by atoms with Gasteiger partial charge >= 0.3 is 12.3 Å². The second kappa shape index (κ2) is 5.42. The van der Waals surface area contributed by atoms with Crippen LogP contribution in [0.4, 0.5) is 18.0 Å². The van der Waals surface area contributed by atoms with Crippen molar-refractivity contribution in [3.05, 3.63) is 0 Å². The highest BCUT2D eigenvalue weighted by Crippen LogP contribution is 2.41. The molecule has 1 saturated heterocycles. The number of rotatable bonds is 0. The second-order valence-corrected chi connectivity index (χ2v) is 6.35. The van der Waals surface area contributed by atoms with Crippen LogP contribution in [0.15, 0.2) is 0 Å². The third-order valence-corrected chi connectivity index (χ3v) is 3.44. The maximum absolute atomic E-state index is 13.0. The van der Waals surface area contributed by atoms with E-state index >= 15 is 0 Å². The minimum absolute atomic E-state index is 0.0829. The molecule has 0 spiro atoms. The van der Waals surface area contributed by atoms with E-state index in [9.17, 15) is 23.1 Å². The van der Waals surface area contributed by atoms with E-state index < -0.39 is 35.8 Å².